The van der Waals surface area contributed by atoms with Crippen molar-refractivity contribution in [1.82, 2.24) is 9.88 Å². The molecule has 0 unspecified atom stereocenters. The van der Waals surface area contributed by atoms with Crippen LogP contribution in [0.25, 0.3) is 10.6 Å². The van der Waals surface area contributed by atoms with Crippen molar-refractivity contribution in [3.05, 3.63) is 40.9 Å². The van der Waals surface area contributed by atoms with Crippen LogP contribution < -0.4 is 0 Å². The smallest absolute Gasteiger partial charge is 0.305 e. The van der Waals surface area contributed by atoms with Crippen molar-refractivity contribution in [3.63, 3.8) is 0 Å². The largest absolute Gasteiger partial charge is 0.481 e. The first-order valence-corrected chi connectivity index (χ1v) is 7.93. The topological polar surface area (TPSA) is 70.5 Å². The quantitative estimate of drug-likeness (QED) is 0.888. The van der Waals surface area contributed by atoms with Gasteiger partial charge in [-0.15, -0.1) is 11.3 Å². The normalized spacial score (nSPS) is 10.5. The summed E-state index contributed by atoms with van der Waals surface area (Å²) in [5.74, 6) is -1.08. The average molecular weight is 318 g/mol. The number of pyridine rings is 1. The number of carboxylic acids is 1. The number of rotatable bonds is 6. The summed E-state index contributed by atoms with van der Waals surface area (Å²) in [5.41, 5.74) is 2.02. The van der Waals surface area contributed by atoms with Gasteiger partial charge in [-0.25, -0.2) is 0 Å². The molecule has 6 heteroatoms. The molecule has 0 aliphatic carbocycles. The lowest BCUT2D eigenvalue weighted by atomic mass is 10.1. The summed E-state index contributed by atoms with van der Waals surface area (Å²) in [5, 5.41) is 10.7. The number of aromatic nitrogens is 1. The van der Waals surface area contributed by atoms with E-state index in [4.69, 9.17) is 5.11 Å². The summed E-state index contributed by atoms with van der Waals surface area (Å²) in [6.45, 7) is 4.31. The van der Waals surface area contributed by atoms with Crippen LogP contribution in [-0.2, 0) is 4.79 Å². The van der Waals surface area contributed by atoms with Gasteiger partial charge in [0.1, 0.15) is 0 Å². The Bertz CT molecular complexity index is 668. The zero-order valence-corrected chi connectivity index (χ0v) is 13.4. The molecule has 0 saturated carbocycles. The minimum absolute atomic E-state index is 0.0562. The second-order valence-corrected chi connectivity index (χ2v) is 5.78. The summed E-state index contributed by atoms with van der Waals surface area (Å²) in [6, 6.07) is 7.54. The lowest BCUT2D eigenvalue weighted by Crippen LogP contribution is -2.33. The van der Waals surface area contributed by atoms with Gasteiger partial charge in [0.15, 0.2) is 0 Å². The maximum atomic E-state index is 12.5. The van der Waals surface area contributed by atoms with Gasteiger partial charge in [0, 0.05) is 13.1 Å². The molecular weight excluding hydrogens is 300 g/mol. The molecule has 1 N–H and O–H groups in total. The Morgan fingerprint density at radius 3 is 2.64 bits per heavy atom. The Morgan fingerprint density at radius 1 is 1.32 bits per heavy atom. The predicted molar refractivity (Wildman–Crippen MR) is 86.1 cm³/mol. The number of carbonyl (C=O) groups is 2. The highest BCUT2D eigenvalue weighted by atomic mass is 32.1. The number of aliphatic carboxylic acids is 1. The van der Waals surface area contributed by atoms with E-state index in [1.165, 1.54) is 4.90 Å². The molecule has 116 valence electrons. The van der Waals surface area contributed by atoms with Crippen LogP contribution in [0.1, 0.15) is 29.4 Å². The molecule has 0 saturated heterocycles. The first kappa shape index (κ1) is 16.2. The molecule has 5 nitrogen and oxygen atoms in total. The second kappa shape index (κ2) is 7.17. The minimum Gasteiger partial charge on any atom is -0.481 e. The van der Waals surface area contributed by atoms with Crippen molar-refractivity contribution in [2.75, 3.05) is 13.1 Å². The number of nitrogens with zero attached hydrogens (tertiary/aromatic N) is 2. The van der Waals surface area contributed by atoms with E-state index in [1.807, 2.05) is 30.5 Å². The van der Waals surface area contributed by atoms with Gasteiger partial charge >= 0.3 is 5.97 Å². The van der Waals surface area contributed by atoms with Crippen molar-refractivity contribution in [2.24, 2.45) is 0 Å². The zero-order valence-electron chi connectivity index (χ0n) is 12.6. The number of amides is 1. The van der Waals surface area contributed by atoms with Gasteiger partial charge in [-0.05, 0) is 37.4 Å². The van der Waals surface area contributed by atoms with E-state index in [2.05, 4.69) is 4.98 Å². The Morgan fingerprint density at radius 2 is 2.09 bits per heavy atom. The van der Waals surface area contributed by atoms with Crippen molar-refractivity contribution >= 4 is 23.2 Å². The molecule has 0 aromatic carbocycles. The number of carbonyl (C=O) groups excluding carboxylic acids is 1. The molecule has 0 aliphatic heterocycles. The Kier molecular flexibility index (Phi) is 5.27. The van der Waals surface area contributed by atoms with Gasteiger partial charge in [0.25, 0.3) is 5.91 Å². The summed E-state index contributed by atoms with van der Waals surface area (Å²) in [6.07, 6.45) is -0.0562. The number of carboxylic acid groups (broad SMARTS) is 1. The van der Waals surface area contributed by atoms with E-state index in [9.17, 15) is 9.59 Å². The van der Waals surface area contributed by atoms with E-state index >= 15 is 0 Å². The summed E-state index contributed by atoms with van der Waals surface area (Å²) in [7, 11) is 0. The second-order valence-electron chi connectivity index (χ2n) is 4.84. The number of aryl methyl sites for hydroxylation is 1. The van der Waals surface area contributed by atoms with Crippen molar-refractivity contribution in [3.8, 4) is 10.6 Å². The Hall–Kier alpha value is -2.21. The fourth-order valence-corrected chi connectivity index (χ4v) is 2.85. The third-order valence-electron chi connectivity index (χ3n) is 3.35. The molecule has 0 bridgehead atoms. The number of hydrogen-bond donors (Lipinski definition) is 1. The fourth-order valence-electron chi connectivity index (χ4n) is 2.15. The highest BCUT2D eigenvalue weighted by molar-refractivity contribution is 7.13. The van der Waals surface area contributed by atoms with E-state index in [0.717, 1.165) is 10.6 Å². The molecule has 0 aliphatic rings. The van der Waals surface area contributed by atoms with Gasteiger partial charge in [0.05, 0.1) is 28.2 Å². The molecule has 2 heterocycles. The first-order valence-electron chi connectivity index (χ1n) is 7.05. The van der Waals surface area contributed by atoms with Crippen LogP contribution >= 0.6 is 11.3 Å². The average Bonchev–Trinajstić information content (AvgIpc) is 3.01. The van der Waals surface area contributed by atoms with Gasteiger partial charge in [-0.2, -0.15) is 0 Å². The van der Waals surface area contributed by atoms with E-state index < -0.39 is 5.97 Å². The maximum absolute atomic E-state index is 12.5. The molecule has 2 aromatic heterocycles. The fraction of sp³-hybridized carbons (Fsp3) is 0.312. The minimum atomic E-state index is -0.908. The van der Waals surface area contributed by atoms with Crippen molar-refractivity contribution < 1.29 is 14.7 Å². The number of hydrogen-bond acceptors (Lipinski definition) is 4. The predicted octanol–water partition coefficient (Wildman–Crippen LogP) is 3.06. The lowest BCUT2D eigenvalue weighted by Gasteiger charge is -2.20. The van der Waals surface area contributed by atoms with Crippen LogP contribution in [0, 0.1) is 6.92 Å². The molecule has 0 fully saturated rings. The SMILES string of the molecule is CCN(CCC(=O)O)C(=O)c1ccc(-c2cccs2)nc1C. The van der Waals surface area contributed by atoms with Crippen LogP contribution in [0.15, 0.2) is 29.6 Å². The highest BCUT2D eigenvalue weighted by Gasteiger charge is 2.18. The summed E-state index contributed by atoms with van der Waals surface area (Å²) < 4.78 is 0. The molecule has 2 aromatic rings. The first-order chi connectivity index (χ1) is 10.5. The van der Waals surface area contributed by atoms with Crippen molar-refractivity contribution in [1.29, 1.82) is 0 Å². The highest BCUT2D eigenvalue weighted by Crippen LogP contribution is 2.24. The summed E-state index contributed by atoms with van der Waals surface area (Å²) in [4.78, 5) is 30.3. The molecule has 0 spiro atoms. The zero-order chi connectivity index (χ0) is 16.1. The van der Waals surface area contributed by atoms with Gasteiger partial charge in [0.2, 0.25) is 0 Å². The van der Waals surface area contributed by atoms with Crippen molar-refractivity contribution in [2.45, 2.75) is 20.3 Å². The van der Waals surface area contributed by atoms with E-state index in [0.29, 0.717) is 17.8 Å². The molecule has 0 radical (unpaired) electrons. The third kappa shape index (κ3) is 3.71. The molecule has 22 heavy (non-hydrogen) atoms. The third-order valence-corrected chi connectivity index (χ3v) is 4.25. The standard InChI is InChI=1S/C16H18N2O3S/c1-3-18(9-8-15(19)20)16(21)12-6-7-13(17-11(12)2)14-5-4-10-22-14/h4-7,10H,3,8-9H2,1-2H3,(H,19,20). The monoisotopic (exact) mass is 318 g/mol. The van der Waals surface area contributed by atoms with Crippen LogP contribution in [-0.4, -0.2) is 40.0 Å². The van der Waals surface area contributed by atoms with E-state index in [1.54, 1.807) is 24.3 Å². The Balaban J connectivity index is 2.20. The van der Waals surface area contributed by atoms with Crippen LogP contribution in [0.3, 0.4) is 0 Å². The van der Waals surface area contributed by atoms with E-state index in [-0.39, 0.29) is 18.9 Å². The summed E-state index contributed by atoms with van der Waals surface area (Å²) >= 11 is 1.60. The lowest BCUT2D eigenvalue weighted by molar-refractivity contribution is -0.137. The maximum Gasteiger partial charge on any atom is 0.305 e. The molecular formula is C16H18N2O3S. The molecule has 2 rings (SSSR count). The van der Waals surface area contributed by atoms with Gasteiger partial charge in [-0.1, -0.05) is 6.07 Å². The van der Waals surface area contributed by atoms with Crippen LogP contribution in [0.2, 0.25) is 0 Å². The van der Waals surface area contributed by atoms with Crippen LogP contribution in [0.4, 0.5) is 0 Å². The van der Waals surface area contributed by atoms with Crippen LogP contribution in [0.5, 0.6) is 0 Å². The number of thiophene rings is 1. The Labute approximate surface area is 133 Å². The van der Waals surface area contributed by atoms with Gasteiger partial charge in [-0.3, -0.25) is 14.6 Å². The molecule has 1 amide bonds. The van der Waals surface area contributed by atoms with Gasteiger partial charge < -0.3 is 10.0 Å². The molecule has 0 atom stereocenters.